The van der Waals surface area contributed by atoms with Crippen molar-refractivity contribution in [1.82, 2.24) is 5.32 Å². The minimum atomic E-state index is -0.403. The minimum absolute atomic E-state index is 0.280. The van der Waals surface area contributed by atoms with Crippen LogP contribution in [0, 0.1) is 0 Å². The van der Waals surface area contributed by atoms with Crippen molar-refractivity contribution in [2.45, 2.75) is 13.0 Å². The van der Waals surface area contributed by atoms with Crippen molar-refractivity contribution < 1.29 is 9.53 Å². The minimum Gasteiger partial charge on any atom is -0.445 e. The summed E-state index contributed by atoms with van der Waals surface area (Å²) in [6.07, 6.45) is 0.354. The van der Waals surface area contributed by atoms with Gasteiger partial charge in [-0.1, -0.05) is 12.1 Å². The molecule has 0 fully saturated rings. The average molecular weight is 251 g/mol. The molecule has 0 heterocycles. The zero-order valence-corrected chi connectivity index (χ0v) is 11.0. The van der Waals surface area contributed by atoms with Crippen LogP contribution >= 0.6 is 0 Å². The first-order valence-electron chi connectivity index (χ1n) is 6.00. The summed E-state index contributed by atoms with van der Waals surface area (Å²) >= 11 is 0. The monoisotopic (exact) mass is 251 g/mol. The third-order valence-electron chi connectivity index (χ3n) is 2.47. The summed E-state index contributed by atoms with van der Waals surface area (Å²) in [4.78, 5) is 13.3. The van der Waals surface area contributed by atoms with Crippen LogP contribution in [0.25, 0.3) is 0 Å². The molecule has 5 nitrogen and oxygen atoms in total. The third kappa shape index (κ3) is 5.05. The van der Waals surface area contributed by atoms with E-state index in [1.54, 1.807) is 0 Å². The molecule has 0 aliphatic rings. The Morgan fingerprint density at radius 2 is 2.00 bits per heavy atom. The molecule has 5 heteroatoms. The van der Waals surface area contributed by atoms with Crippen molar-refractivity contribution in [2.75, 3.05) is 32.1 Å². The normalized spacial score (nSPS) is 9.94. The van der Waals surface area contributed by atoms with Crippen molar-refractivity contribution in [2.24, 2.45) is 5.73 Å². The molecule has 0 aliphatic heterocycles. The zero-order valence-electron chi connectivity index (χ0n) is 11.0. The topological polar surface area (TPSA) is 67.6 Å². The lowest BCUT2D eigenvalue weighted by Gasteiger charge is -2.12. The van der Waals surface area contributed by atoms with Crippen LogP contribution in [0.15, 0.2) is 24.3 Å². The van der Waals surface area contributed by atoms with E-state index in [9.17, 15) is 4.79 Å². The lowest BCUT2D eigenvalue weighted by atomic mass is 10.2. The molecule has 0 saturated heterocycles. The van der Waals surface area contributed by atoms with E-state index >= 15 is 0 Å². The Kier molecular flexibility index (Phi) is 6.00. The lowest BCUT2D eigenvalue weighted by Crippen LogP contribution is -2.26. The summed E-state index contributed by atoms with van der Waals surface area (Å²) in [6.45, 7) is 1.39. The molecule has 0 bridgehead atoms. The second-order valence-electron chi connectivity index (χ2n) is 4.21. The van der Waals surface area contributed by atoms with Crippen LogP contribution in [0.5, 0.6) is 0 Å². The van der Waals surface area contributed by atoms with Gasteiger partial charge in [0.05, 0.1) is 0 Å². The van der Waals surface area contributed by atoms with Crippen LogP contribution in [0.2, 0.25) is 0 Å². The standard InChI is InChI=1S/C13H21N3O2/c1-16(2)12-6-4-11(5-7-12)10-18-13(17)15-9-3-8-14/h4-7H,3,8-10,14H2,1-2H3,(H,15,17). The van der Waals surface area contributed by atoms with Gasteiger partial charge in [0.2, 0.25) is 0 Å². The van der Waals surface area contributed by atoms with E-state index in [0.29, 0.717) is 13.1 Å². The molecule has 0 aromatic heterocycles. The summed E-state index contributed by atoms with van der Waals surface area (Å²) in [6, 6.07) is 7.88. The highest BCUT2D eigenvalue weighted by Gasteiger charge is 2.02. The molecule has 0 unspecified atom stereocenters. The van der Waals surface area contributed by atoms with Crippen molar-refractivity contribution in [3.63, 3.8) is 0 Å². The third-order valence-corrected chi connectivity index (χ3v) is 2.47. The molecular formula is C13H21N3O2. The van der Waals surface area contributed by atoms with Gasteiger partial charge < -0.3 is 20.7 Å². The van der Waals surface area contributed by atoms with E-state index in [-0.39, 0.29) is 6.61 Å². The predicted molar refractivity (Wildman–Crippen MR) is 72.6 cm³/mol. The number of carbonyl (C=O) groups is 1. The number of anilines is 1. The second kappa shape index (κ2) is 7.55. The molecule has 3 N–H and O–H groups in total. The molecule has 1 aromatic rings. The van der Waals surface area contributed by atoms with E-state index in [2.05, 4.69) is 5.32 Å². The van der Waals surface area contributed by atoms with Gasteiger partial charge in [-0.2, -0.15) is 0 Å². The van der Waals surface area contributed by atoms with E-state index < -0.39 is 6.09 Å². The van der Waals surface area contributed by atoms with Crippen molar-refractivity contribution in [3.8, 4) is 0 Å². The predicted octanol–water partition coefficient (Wildman–Crippen LogP) is 1.33. The molecule has 0 aliphatic carbocycles. The van der Waals surface area contributed by atoms with Gasteiger partial charge in [-0.3, -0.25) is 0 Å². The second-order valence-corrected chi connectivity index (χ2v) is 4.21. The number of amides is 1. The SMILES string of the molecule is CN(C)c1ccc(COC(=O)NCCCN)cc1. The van der Waals surface area contributed by atoms with Gasteiger partial charge in [-0.15, -0.1) is 0 Å². The number of hydrogen-bond acceptors (Lipinski definition) is 4. The maximum atomic E-state index is 11.3. The number of alkyl carbamates (subject to hydrolysis) is 1. The number of nitrogens with one attached hydrogen (secondary N) is 1. The summed E-state index contributed by atoms with van der Waals surface area (Å²) in [5.74, 6) is 0. The van der Waals surface area contributed by atoms with Crippen LogP contribution in [0.4, 0.5) is 10.5 Å². The number of rotatable bonds is 6. The number of nitrogens with two attached hydrogens (primary N) is 1. The molecule has 1 rings (SSSR count). The fourth-order valence-corrected chi connectivity index (χ4v) is 1.38. The number of ether oxygens (including phenoxy) is 1. The van der Waals surface area contributed by atoms with Gasteiger partial charge in [-0.05, 0) is 30.7 Å². The number of benzene rings is 1. The highest BCUT2D eigenvalue weighted by atomic mass is 16.5. The summed E-state index contributed by atoms with van der Waals surface area (Å²) < 4.78 is 5.07. The van der Waals surface area contributed by atoms with Gasteiger partial charge in [-0.25, -0.2) is 4.79 Å². The summed E-state index contributed by atoms with van der Waals surface area (Å²) in [5.41, 5.74) is 7.41. The Labute approximate surface area is 108 Å². The first kappa shape index (κ1) is 14.3. The Balaban J connectivity index is 2.32. The first-order valence-corrected chi connectivity index (χ1v) is 6.00. The maximum absolute atomic E-state index is 11.3. The highest BCUT2D eigenvalue weighted by molar-refractivity contribution is 5.67. The quantitative estimate of drug-likeness (QED) is 0.748. The van der Waals surface area contributed by atoms with E-state index in [1.165, 1.54) is 0 Å². The van der Waals surface area contributed by atoms with Gasteiger partial charge in [0.1, 0.15) is 6.61 Å². The van der Waals surface area contributed by atoms with Gasteiger partial charge >= 0.3 is 6.09 Å². The Morgan fingerprint density at radius 1 is 1.33 bits per heavy atom. The molecule has 0 atom stereocenters. The molecule has 0 radical (unpaired) electrons. The molecule has 100 valence electrons. The van der Waals surface area contributed by atoms with Crippen LogP contribution in [0.3, 0.4) is 0 Å². The smallest absolute Gasteiger partial charge is 0.407 e. The lowest BCUT2D eigenvalue weighted by molar-refractivity contribution is 0.139. The van der Waals surface area contributed by atoms with Crippen LogP contribution < -0.4 is 16.0 Å². The molecule has 1 amide bonds. The first-order chi connectivity index (χ1) is 8.63. The fraction of sp³-hybridized carbons (Fsp3) is 0.462. The Bertz CT molecular complexity index is 363. The summed E-state index contributed by atoms with van der Waals surface area (Å²) in [7, 11) is 3.97. The number of carbonyl (C=O) groups excluding carboxylic acids is 1. The van der Waals surface area contributed by atoms with Gasteiger partial charge in [0, 0.05) is 26.3 Å². The molecule has 1 aromatic carbocycles. The van der Waals surface area contributed by atoms with E-state index in [1.807, 2.05) is 43.3 Å². The molecule has 18 heavy (non-hydrogen) atoms. The number of nitrogens with zero attached hydrogens (tertiary/aromatic N) is 1. The highest BCUT2D eigenvalue weighted by Crippen LogP contribution is 2.12. The molecular weight excluding hydrogens is 230 g/mol. The summed E-state index contributed by atoms with van der Waals surface area (Å²) in [5, 5.41) is 2.63. The van der Waals surface area contributed by atoms with Crippen LogP contribution in [0.1, 0.15) is 12.0 Å². The largest absolute Gasteiger partial charge is 0.445 e. The number of hydrogen-bond donors (Lipinski definition) is 2. The maximum Gasteiger partial charge on any atom is 0.407 e. The zero-order chi connectivity index (χ0) is 13.4. The Hall–Kier alpha value is -1.75. The Morgan fingerprint density at radius 3 is 2.56 bits per heavy atom. The van der Waals surface area contributed by atoms with E-state index in [4.69, 9.17) is 10.5 Å². The van der Waals surface area contributed by atoms with Crippen molar-refractivity contribution in [1.29, 1.82) is 0 Å². The van der Waals surface area contributed by atoms with E-state index in [0.717, 1.165) is 17.7 Å². The van der Waals surface area contributed by atoms with Crippen molar-refractivity contribution in [3.05, 3.63) is 29.8 Å². The molecule has 0 spiro atoms. The van der Waals surface area contributed by atoms with Gasteiger partial charge in [0.25, 0.3) is 0 Å². The van der Waals surface area contributed by atoms with Crippen molar-refractivity contribution >= 4 is 11.8 Å². The van der Waals surface area contributed by atoms with Gasteiger partial charge in [0.15, 0.2) is 0 Å². The van der Waals surface area contributed by atoms with Crippen LogP contribution in [-0.4, -0.2) is 33.3 Å². The van der Waals surface area contributed by atoms with Crippen LogP contribution in [-0.2, 0) is 11.3 Å². The fourth-order valence-electron chi connectivity index (χ4n) is 1.38. The average Bonchev–Trinajstić information content (AvgIpc) is 2.37. The molecule has 0 saturated carbocycles.